The number of Topliss-reactive ketones (excluding diaryl/α,β-unsaturated/α-hetero) is 1. The summed E-state index contributed by atoms with van der Waals surface area (Å²) in [6, 6.07) is 5.02. The molecule has 0 heterocycles. The van der Waals surface area contributed by atoms with Gasteiger partial charge in [0.15, 0.2) is 5.78 Å². The number of halogens is 1. The zero-order chi connectivity index (χ0) is 12.3. The number of aliphatic hydroxyl groups is 1. The van der Waals surface area contributed by atoms with Crippen molar-refractivity contribution in [2.45, 2.75) is 31.8 Å². The molecule has 0 radical (unpaired) electrons. The van der Waals surface area contributed by atoms with Crippen molar-refractivity contribution in [1.82, 2.24) is 0 Å². The Labute approximate surface area is 105 Å². The van der Waals surface area contributed by atoms with Gasteiger partial charge in [0.2, 0.25) is 0 Å². The van der Waals surface area contributed by atoms with E-state index in [9.17, 15) is 4.79 Å². The van der Waals surface area contributed by atoms with Gasteiger partial charge >= 0.3 is 0 Å². The molecule has 0 aliphatic heterocycles. The van der Waals surface area contributed by atoms with E-state index >= 15 is 0 Å². The summed E-state index contributed by atoms with van der Waals surface area (Å²) in [5.41, 5.74) is 0.519. The molecule has 1 saturated carbocycles. The quantitative estimate of drug-likeness (QED) is 0.822. The normalized spacial score (nSPS) is 15.4. The average Bonchev–Trinajstić information content (AvgIpc) is 2.25. The molecule has 3 nitrogen and oxygen atoms in total. The molecule has 0 bridgehead atoms. The lowest BCUT2D eigenvalue weighted by Crippen LogP contribution is -2.24. The number of ether oxygens (including phenoxy) is 1. The summed E-state index contributed by atoms with van der Waals surface area (Å²) in [6.45, 7) is -0.142. The van der Waals surface area contributed by atoms with Crippen molar-refractivity contribution in [2.75, 3.05) is 6.61 Å². The summed E-state index contributed by atoms with van der Waals surface area (Å²) in [6.07, 6.45) is 3.74. The molecule has 1 fully saturated rings. The van der Waals surface area contributed by atoms with E-state index < -0.39 is 0 Å². The van der Waals surface area contributed by atoms with Gasteiger partial charge in [-0.3, -0.25) is 4.79 Å². The van der Waals surface area contributed by atoms with Gasteiger partial charge in [-0.25, -0.2) is 0 Å². The Morgan fingerprint density at radius 2 is 2.24 bits per heavy atom. The van der Waals surface area contributed by atoms with Gasteiger partial charge in [0, 0.05) is 12.0 Å². The zero-order valence-corrected chi connectivity index (χ0v) is 10.2. The van der Waals surface area contributed by atoms with Crippen LogP contribution in [0.25, 0.3) is 0 Å². The SMILES string of the molecule is O=C(CCO)c1ccc(OC2CCC2)c(Cl)c1. The van der Waals surface area contributed by atoms with Gasteiger partial charge in [0.25, 0.3) is 0 Å². The van der Waals surface area contributed by atoms with Gasteiger partial charge < -0.3 is 9.84 Å². The van der Waals surface area contributed by atoms with E-state index in [1.54, 1.807) is 18.2 Å². The lowest BCUT2D eigenvalue weighted by molar-refractivity contribution is 0.0956. The third-order valence-electron chi connectivity index (χ3n) is 2.94. The molecule has 17 heavy (non-hydrogen) atoms. The monoisotopic (exact) mass is 254 g/mol. The minimum atomic E-state index is -0.142. The fraction of sp³-hybridized carbons (Fsp3) is 0.462. The molecule has 0 spiro atoms. The predicted molar refractivity (Wildman–Crippen MR) is 65.8 cm³/mol. The second-order valence-electron chi connectivity index (χ2n) is 4.21. The fourth-order valence-electron chi connectivity index (χ4n) is 1.68. The van der Waals surface area contributed by atoms with E-state index in [1.807, 2.05) is 0 Å². The summed E-state index contributed by atoms with van der Waals surface area (Å²) in [4.78, 5) is 11.5. The average molecular weight is 255 g/mol. The van der Waals surface area contributed by atoms with Gasteiger partial charge in [0.05, 0.1) is 17.7 Å². The van der Waals surface area contributed by atoms with Gasteiger partial charge in [0.1, 0.15) is 5.75 Å². The number of hydrogen-bond acceptors (Lipinski definition) is 3. The van der Waals surface area contributed by atoms with Crippen molar-refractivity contribution in [3.05, 3.63) is 28.8 Å². The standard InChI is InChI=1S/C13H15ClO3/c14-11-8-9(12(16)6-7-15)4-5-13(11)17-10-2-1-3-10/h4-5,8,10,15H,1-3,6-7H2. The molecule has 1 aromatic carbocycles. The van der Waals surface area contributed by atoms with Crippen LogP contribution in [0.15, 0.2) is 18.2 Å². The van der Waals surface area contributed by atoms with Crippen molar-refractivity contribution in [2.24, 2.45) is 0 Å². The second kappa shape index (κ2) is 5.52. The maximum Gasteiger partial charge on any atom is 0.165 e. The number of benzene rings is 1. The number of aliphatic hydroxyl groups excluding tert-OH is 1. The molecule has 1 aromatic rings. The van der Waals surface area contributed by atoms with Gasteiger partial charge in [-0.15, -0.1) is 0 Å². The summed E-state index contributed by atoms with van der Waals surface area (Å²) in [5.74, 6) is 0.529. The molecule has 0 aromatic heterocycles. The first kappa shape index (κ1) is 12.4. The molecule has 1 aliphatic carbocycles. The van der Waals surface area contributed by atoms with Crippen molar-refractivity contribution < 1.29 is 14.6 Å². The van der Waals surface area contributed by atoms with Crippen molar-refractivity contribution in [3.63, 3.8) is 0 Å². The minimum absolute atomic E-state index is 0.107. The summed E-state index contributed by atoms with van der Waals surface area (Å²) < 4.78 is 5.68. The van der Waals surface area contributed by atoms with Crippen molar-refractivity contribution in [1.29, 1.82) is 0 Å². The summed E-state index contributed by atoms with van der Waals surface area (Å²) in [5, 5.41) is 9.16. The Hall–Kier alpha value is -1.06. The minimum Gasteiger partial charge on any atom is -0.489 e. The van der Waals surface area contributed by atoms with E-state index in [-0.39, 0.29) is 24.9 Å². The highest BCUT2D eigenvalue weighted by Crippen LogP contribution is 2.31. The van der Waals surface area contributed by atoms with Crippen LogP contribution < -0.4 is 4.74 Å². The van der Waals surface area contributed by atoms with Crippen LogP contribution in [0.1, 0.15) is 36.0 Å². The van der Waals surface area contributed by atoms with Crippen LogP contribution in [-0.2, 0) is 0 Å². The predicted octanol–water partition coefficient (Wildman–Crippen LogP) is 2.84. The largest absolute Gasteiger partial charge is 0.489 e. The van der Waals surface area contributed by atoms with E-state index in [1.165, 1.54) is 6.42 Å². The first-order valence-corrected chi connectivity index (χ1v) is 6.19. The van der Waals surface area contributed by atoms with Crippen LogP contribution in [-0.4, -0.2) is 23.6 Å². The first-order valence-electron chi connectivity index (χ1n) is 5.81. The molecular formula is C13H15ClO3. The number of carbonyl (C=O) groups excluding carboxylic acids is 1. The van der Waals surface area contributed by atoms with Gasteiger partial charge in [-0.1, -0.05) is 11.6 Å². The molecular weight excluding hydrogens is 240 g/mol. The molecule has 0 amide bonds. The van der Waals surface area contributed by atoms with Crippen molar-refractivity contribution in [3.8, 4) is 5.75 Å². The molecule has 92 valence electrons. The smallest absolute Gasteiger partial charge is 0.165 e. The Balaban J connectivity index is 2.07. The lowest BCUT2D eigenvalue weighted by atomic mass is 9.96. The molecule has 4 heteroatoms. The molecule has 2 rings (SSSR count). The van der Waals surface area contributed by atoms with Crippen molar-refractivity contribution >= 4 is 17.4 Å². The number of hydrogen-bond donors (Lipinski definition) is 1. The van der Waals surface area contributed by atoms with Gasteiger partial charge in [-0.05, 0) is 37.5 Å². The third kappa shape index (κ3) is 2.99. The molecule has 1 N–H and O–H groups in total. The van der Waals surface area contributed by atoms with Crippen LogP contribution in [0.4, 0.5) is 0 Å². The van der Waals surface area contributed by atoms with Crippen LogP contribution in [0.2, 0.25) is 5.02 Å². The number of ketones is 1. The van der Waals surface area contributed by atoms with E-state index in [4.69, 9.17) is 21.4 Å². The topological polar surface area (TPSA) is 46.5 Å². The molecule has 1 aliphatic rings. The maximum atomic E-state index is 11.5. The first-order chi connectivity index (χ1) is 8.20. The highest BCUT2D eigenvalue weighted by atomic mass is 35.5. The molecule has 0 unspecified atom stereocenters. The second-order valence-corrected chi connectivity index (χ2v) is 4.62. The van der Waals surface area contributed by atoms with Crippen LogP contribution >= 0.6 is 11.6 Å². The summed E-state index contributed by atoms with van der Waals surface area (Å²) >= 11 is 6.06. The van der Waals surface area contributed by atoms with Crippen LogP contribution in [0.5, 0.6) is 5.75 Å². The van der Waals surface area contributed by atoms with E-state index in [2.05, 4.69) is 0 Å². The summed E-state index contributed by atoms with van der Waals surface area (Å²) in [7, 11) is 0. The van der Waals surface area contributed by atoms with Gasteiger partial charge in [-0.2, -0.15) is 0 Å². The Bertz CT molecular complexity index is 413. The van der Waals surface area contributed by atoms with Crippen LogP contribution in [0, 0.1) is 0 Å². The Kier molecular flexibility index (Phi) is 4.02. The molecule has 0 saturated heterocycles. The highest BCUT2D eigenvalue weighted by molar-refractivity contribution is 6.32. The Morgan fingerprint density at radius 3 is 2.76 bits per heavy atom. The number of rotatable bonds is 5. The molecule has 0 atom stereocenters. The van der Waals surface area contributed by atoms with E-state index in [0.717, 1.165) is 12.8 Å². The lowest BCUT2D eigenvalue weighted by Gasteiger charge is -2.26. The maximum absolute atomic E-state index is 11.5. The van der Waals surface area contributed by atoms with Crippen LogP contribution in [0.3, 0.4) is 0 Å². The Morgan fingerprint density at radius 1 is 1.47 bits per heavy atom. The van der Waals surface area contributed by atoms with E-state index in [0.29, 0.717) is 16.3 Å². The third-order valence-corrected chi connectivity index (χ3v) is 3.23. The zero-order valence-electron chi connectivity index (χ0n) is 9.49. The fourth-order valence-corrected chi connectivity index (χ4v) is 1.91. The number of carbonyl (C=O) groups is 1. The highest BCUT2D eigenvalue weighted by Gasteiger charge is 2.20.